The quantitative estimate of drug-likeness (QED) is 0.783. The van der Waals surface area contributed by atoms with E-state index in [0.29, 0.717) is 23.7 Å². The second-order valence-corrected chi connectivity index (χ2v) is 7.25. The van der Waals surface area contributed by atoms with Crippen molar-refractivity contribution in [1.29, 1.82) is 0 Å². The van der Waals surface area contributed by atoms with Gasteiger partial charge in [0.2, 0.25) is 5.91 Å². The highest BCUT2D eigenvalue weighted by molar-refractivity contribution is 5.80. The lowest BCUT2D eigenvalue weighted by Crippen LogP contribution is -2.45. The van der Waals surface area contributed by atoms with Gasteiger partial charge in [-0.2, -0.15) is 0 Å². The average molecular weight is 274 g/mol. The molecule has 2 bridgehead atoms. The zero-order valence-corrected chi connectivity index (χ0v) is 12.3. The van der Waals surface area contributed by atoms with Crippen molar-refractivity contribution >= 4 is 5.91 Å². The van der Waals surface area contributed by atoms with Crippen molar-refractivity contribution in [1.82, 2.24) is 10.2 Å². The molecule has 0 radical (unpaired) electrons. The first-order chi connectivity index (χ1) is 9.81. The molecule has 1 amide bonds. The molecule has 3 fully saturated rings. The van der Waals surface area contributed by atoms with E-state index in [9.17, 15) is 4.79 Å². The summed E-state index contributed by atoms with van der Waals surface area (Å²) in [4.78, 5) is 14.9. The third-order valence-electron chi connectivity index (χ3n) is 6.11. The SMILES string of the molecule is O=C(C1CC2C=CC1C2)N1CCC(C2CCCN2)CC1. The van der Waals surface area contributed by atoms with Gasteiger partial charge in [-0.1, -0.05) is 12.2 Å². The minimum absolute atomic E-state index is 0.311. The molecule has 2 aliphatic heterocycles. The van der Waals surface area contributed by atoms with Crippen LogP contribution in [0.3, 0.4) is 0 Å². The number of carbonyl (C=O) groups excluding carboxylic acids is 1. The number of piperidine rings is 1. The van der Waals surface area contributed by atoms with Crippen LogP contribution >= 0.6 is 0 Å². The van der Waals surface area contributed by atoms with Gasteiger partial charge in [0.1, 0.15) is 0 Å². The lowest BCUT2D eigenvalue weighted by Gasteiger charge is -2.37. The van der Waals surface area contributed by atoms with Crippen LogP contribution in [0.4, 0.5) is 0 Å². The summed E-state index contributed by atoms with van der Waals surface area (Å²) in [5, 5.41) is 3.63. The first-order valence-corrected chi connectivity index (χ1v) is 8.52. The van der Waals surface area contributed by atoms with Gasteiger partial charge in [-0.15, -0.1) is 0 Å². The number of nitrogens with zero attached hydrogens (tertiary/aromatic N) is 1. The molecule has 110 valence electrons. The molecule has 20 heavy (non-hydrogen) atoms. The predicted molar refractivity (Wildman–Crippen MR) is 79.2 cm³/mol. The van der Waals surface area contributed by atoms with E-state index in [4.69, 9.17) is 0 Å². The van der Waals surface area contributed by atoms with Crippen LogP contribution in [0, 0.1) is 23.7 Å². The summed E-state index contributed by atoms with van der Waals surface area (Å²) in [7, 11) is 0. The minimum Gasteiger partial charge on any atom is -0.342 e. The van der Waals surface area contributed by atoms with Crippen LogP contribution in [-0.4, -0.2) is 36.5 Å². The fraction of sp³-hybridized carbons (Fsp3) is 0.824. The van der Waals surface area contributed by atoms with Crippen LogP contribution in [0.15, 0.2) is 12.2 Å². The molecule has 4 unspecified atom stereocenters. The molecular weight excluding hydrogens is 248 g/mol. The highest BCUT2D eigenvalue weighted by Crippen LogP contribution is 2.44. The molecule has 2 heterocycles. The number of rotatable bonds is 2. The number of nitrogens with one attached hydrogen (secondary N) is 1. The van der Waals surface area contributed by atoms with E-state index in [1.807, 2.05) is 0 Å². The molecule has 1 N–H and O–H groups in total. The Bertz CT molecular complexity index is 405. The van der Waals surface area contributed by atoms with Crippen LogP contribution in [0.1, 0.15) is 38.5 Å². The van der Waals surface area contributed by atoms with Gasteiger partial charge in [-0.3, -0.25) is 4.79 Å². The maximum Gasteiger partial charge on any atom is 0.226 e. The summed E-state index contributed by atoms with van der Waals surface area (Å²) in [5.74, 6) is 2.84. The highest BCUT2D eigenvalue weighted by Gasteiger charge is 2.42. The third kappa shape index (κ3) is 2.20. The Labute approximate surface area is 121 Å². The molecular formula is C17H26N2O. The first kappa shape index (κ1) is 12.9. The van der Waals surface area contributed by atoms with Crippen molar-refractivity contribution in [2.75, 3.05) is 19.6 Å². The summed E-state index contributed by atoms with van der Waals surface area (Å²) in [6.07, 6.45) is 12.1. The number of likely N-dealkylation sites (tertiary alicyclic amines) is 1. The van der Waals surface area contributed by atoms with Gasteiger partial charge >= 0.3 is 0 Å². The first-order valence-electron chi connectivity index (χ1n) is 8.52. The molecule has 3 nitrogen and oxygen atoms in total. The number of fused-ring (bicyclic) bond motifs is 2. The van der Waals surface area contributed by atoms with Gasteiger partial charge in [-0.25, -0.2) is 0 Å². The molecule has 0 spiro atoms. The molecule has 2 aliphatic carbocycles. The summed E-state index contributed by atoms with van der Waals surface area (Å²) in [5.41, 5.74) is 0. The molecule has 4 rings (SSSR count). The van der Waals surface area contributed by atoms with Crippen LogP contribution in [0.5, 0.6) is 0 Å². The molecule has 1 saturated carbocycles. The summed E-state index contributed by atoms with van der Waals surface area (Å²) >= 11 is 0. The number of hydrogen-bond acceptors (Lipinski definition) is 2. The van der Waals surface area contributed by atoms with E-state index in [2.05, 4.69) is 22.4 Å². The Hall–Kier alpha value is -0.830. The number of amides is 1. The van der Waals surface area contributed by atoms with Crippen molar-refractivity contribution < 1.29 is 4.79 Å². The number of allylic oxidation sites excluding steroid dienone is 2. The second kappa shape index (κ2) is 5.18. The topological polar surface area (TPSA) is 32.3 Å². The molecule has 4 aliphatic rings. The molecule has 4 atom stereocenters. The maximum atomic E-state index is 12.7. The van der Waals surface area contributed by atoms with E-state index in [1.165, 1.54) is 38.6 Å². The monoisotopic (exact) mass is 274 g/mol. The van der Waals surface area contributed by atoms with Crippen LogP contribution < -0.4 is 5.32 Å². The zero-order valence-electron chi connectivity index (χ0n) is 12.3. The standard InChI is InChI=1S/C17H26N2O/c20-17(15-11-12-3-4-14(15)10-12)19-8-5-13(6-9-19)16-2-1-7-18-16/h3-4,12-16,18H,1-2,5-11H2. The van der Waals surface area contributed by atoms with Crippen molar-refractivity contribution in [2.45, 2.75) is 44.6 Å². The maximum absolute atomic E-state index is 12.7. The molecule has 2 saturated heterocycles. The zero-order chi connectivity index (χ0) is 13.5. The highest BCUT2D eigenvalue weighted by atomic mass is 16.2. The van der Waals surface area contributed by atoms with E-state index >= 15 is 0 Å². The van der Waals surface area contributed by atoms with E-state index in [1.54, 1.807) is 0 Å². The van der Waals surface area contributed by atoms with Crippen molar-refractivity contribution in [3.8, 4) is 0 Å². The summed E-state index contributed by atoms with van der Waals surface area (Å²) < 4.78 is 0. The average Bonchev–Trinajstić information content (AvgIpc) is 3.23. The molecule has 3 heteroatoms. The normalized spacial score (nSPS) is 40.7. The summed E-state index contributed by atoms with van der Waals surface area (Å²) in [6.45, 7) is 3.19. The third-order valence-corrected chi connectivity index (χ3v) is 6.11. The fourth-order valence-corrected chi connectivity index (χ4v) is 4.94. The van der Waals surface area contributed by atoms with Crippen LogP contribution in [-0.2, 0) is 4.79 Å². The molecule has 0 aromatic carbocycles. The van der Waals surface area contributed by atoms with E-state index in [-0.39, 0.29) is 0 Å². The Kier molecular flexibility index (Phi) is 3.33. The Morgan fingerprint density at radius 1 is 1.10 bits per heavy atom. The van der Waals surface area contributed by atoms with Gasteiger partial charge in [0.15, 0.2) is 0 Å². The van der Waals surface area contributed by atoms with Crippen LogP contribution in [0.25, 0.3) is 0 Å². The van der Waals surface area contributed by atoms with Crippen LogP contribution in [0.2, 0.25) is 0 Å². The largest absolute Gasteiger partial charge is 0.342 e. The van der Waals surface area contributed by atoms with E-state index < -0.39 is 0 Å². The Morgan fingerprint density at radius 3 is 2.55 bits per heavy atom. The van der Waals surface area contributed by atoms with Crippen molar-refractivity contribution in [3.05, 3.63) is 12.2 Å². The smallest absolute Gasteiger partial charge is 0.226 e. The lowest BCUT2D eigenvalue weighted by atomic mass is 9.86. The van der Waals surface area contributed by atoms with Gasteiger partial charge < -0.3 is 10.2 Å². The van der Waals surface area contributed by atoms with Crippen molar-refractivity contribution in [3.63, 3.8) is 0 Å². The fourth-order valence-electron chi connectivity index (χ4n) is 4.94. The van der Waals surface area contributed by atoms with Crippen molar-refractivity contribution in [2.24, 2.45) is 23.7 Å². The minimum atomic E-state index is 0.311. The van der Waals surface area contributed by atoms with Gasteiger partial charge in [0, 0.05) is 25.0 Å². The van der Waals surface area contributed by atoms with E-state index in [0.717, 1.165) is 31.5 Å². The number of carbonyl (C=O) groups is 1. The predicted octanol–water partition coefficient (Wildman–Crippen LogP) is 2.19. The second-order valence-electron chi connectivity index (χ2n) is 7.25. The summed E-state index contributed by atoms with van der Waals surface area (Å²) in [6, 6.07) is 0.734. The Morgan fingerprint density at radius 2 is 1.95 bits per heavy atom. The number of hydrogen-bond donors (Lipinski definition) is 1. The van der Waals surface area contributed by atoms with Gasteiger partial charge in [-0.05, 0) is 62.8 Å². The molecule has 0 aromatic rings. The Balaban J connectivity index is 1.32. The van der Waals surface area contributed by atoms with Gasteiger partial charge in [0.25, 0.3) is 0 Å². The van der Waals surface area contributed by atoms with Gasteiger partial charge in [0.05, 0.1) is 0 Å². The molecule has 0 aromatic heterocycles. The lowest BCUT2D eigenvalue weighted by molar-refractivity contribution is -0.137.